The van der Waals surface area contributed by atoms with E-state index in [-0.39, 0.29) is 11.9 Å². The first-order valence-electron chi connectivity index (χ1n) is 4.74. The molecule has 0 aromatic heterocycles. The van der Waals surface area contributed by atoms with E-state index in [4.69, 9.17) is 10.5 Å². The van der Waals surface area contributed by atoms with E-state index >= 15 is 0 Å². The highest BCUT2D eigenvalue weighted by atomic mass is 79.9. The lowest BCUT2D eigenvalue weighted by atomic mass is 9.93. The number of carbonyl (C=O) groups excluding carboxylic acids is 1. The highest BCUT2D eigenvalue weighted by Crippen LogP contribution is 2.25. The molecule has 0 bridgehead atoms. The minimum absolute atomic E-state index is 0.305. The molecule has 2 unspecified atom stereocenters. The maximum atomic E-state index is 13.1. The Balaban J connectivity index is 3.11. The normalized spacial score (nSPS) is 14.5. The lowest BCUT2D eigenvalue weighted by Crippen LogP contribution is -2.31. The molecule has 2 atom stereocenters. The zero-order valence-corrected chi connectivity index (χ0v) is 10.6. The van der Waals surface area contributed by atoms with Crippen molar-refractivity contribution < 1.29 is 13.9 Å². The van der Waals surface area contributed by atoms with Gasteiger partial charge in [-0.15, -0.1) is 0 Å². The molecular formula is C11H13BrFNO2. The summed E-state index contributed by atoms with van der Waals surface area (Å²) in [5, 5.41) is 0. The van der Waals surface area contributed by atoms with E-state index in [0.29, 0.717) is 10.0 Å². The van der Waals surface area contributed by atoms with Gasteiger partial charge in [-0.1, -0.05) is 6.07 Å². The van der Waals surface area contributed by atoms with E-state index in [1.807, 2.05) is 0 Å². The minimum atomic E-state index is -0.582. The van der Waals surface area contributed by atoms with Crippen LogP contribution in [0.1, 0.15) is 18.4 Å². The average Bonchev–Trinajstić information content (AvgIpc) is 2.22. The summed E-state index contributed by atoms with van der Waals surface area (Å²) in [7, 11) is 1.50. The monoisotopic (exact) mass is 289 g/mol. The Kier molecular flexibility index (Phi) is 4.44. The van der Waals surface area contributed by atoms with Crippen molar-refractivity contribution in [3.05, 3.63) is 34.1 Å². The zero-order chi connectivity index (χ0) is 12.3. The van der Waals surface area contributed by atoms with E-state index in [2.05, 4.69) is 15.9 Å². The molecule has 2 N–H and O–H groups in total. The van der Waals surface area contributed by atoms with Crippen molar-refractivity contribution >= 4 is 21.8 Å². The smallest absolute Gasteiger partial charge is 0.227 e. The van der Waals surface area contributed by atoms with Crippen molar-refractivity contribution in [2.45, 2.75) is 18.9 Å². The maximum absolute atomic E-state index is 13.1. The van der Waals surface area contributed by atoms with E-state index in [9.17, 15) is 9.18 Å². The van der Waals surface area contributed by atoms with Crippen LogP contribution in [-0.2, 0) is 9.53 Å². The van der Waals surface area contributed by atoms with Gasteiger partial charge in [0.05, 0.1) is 16.5 Å². The highest BCUT2D eigenvalue weighted by Gasteiger charge is 2.25. The summed E-state index contributed by atoms with van der Waals surface area (Å²) in [4.78, 5) is 11.3. The number of hydrogen-bond donors (Lipinski definition) is 1. The molecular weight excluding hydrogens is 277 g/mol. The highest BCUT2D eigenvalue weighted by molar-refractivity contribution is 9.10. The van der Waals surface area contributed by atoms with Crippen LogP contribution in [0.3, 0.4) is 0 Å². The molecule has 0 radical (unpaired) electrons. The lowest BCUT2D eigenvalue weighted by Gasteiger charge is -2.20. The number of halogens is 2. The van der Waals surface area contributed by atoms with Crippen LogP contribution in [0.15, 0.2) is 22.7 Å². The third-order valence-electron chi connectivity index (χ3n) is 2.45. The number of rotatable bonds is 4. The van der Waals surface area contributed by atoms with Crippen LogP contribution in [-0.4, -0.2) is 19.1 Å². The molecule has 0 aliphatic rings. The first-order valence-corrected chi connectivity index (χ1v) is 5.53. The quantitative estimate of drug-likeness (QED) is 0.924. The standard InChI is InChI=1S/C11H13BrFNO2/c1-6(16-2)10(11(14)15)7-3-4-9(13)8(12)5-7/h3-6,10H,1-2H3,(H2,14,15). The summed E-state index contributed by atoms with van der Waals surface area (Å²) in [5.41, 5.74) is 5.94. The molecule has 0 saturated heterocycles. The maximum Gasteiger partial charge on any atom is 0.227 e. The summed E-state index contributed by atoms with van der Waals surface area (Å²) in [6.07, 6.45) is -0.352. The Morgan fingerprint density at radius 3 is 2.62 bits per heavy atom. The predicted molar refractivity (Wildman–Crippen MR) is 62.5 cm³/mol. The molecule has 0 aliphatic carbocycles. The Labute approximate surface area is 102 Å². The Morgan fingerprint density at radius 1 is 1.56 bits per heavy atom. The van der Waals surface area contributed by atoms with Gasteiger partial charge in [0.25, 0.3) is 0 Å². The van der Waals surface area contributed by atoms with Crippen LogP contribution in [0.2, 0.25) is 0 Å². The van der Waals surface area contributed by atoms with Crippen LogP contribution in [0.5, 0.6) is 0 Å². The summed E-state index contributed by atoms with van der Waals surface area (Å²) < 4.78 is 18.4. The van der Waals surface area contributed by atoms with Gasteiger partial charge in [0.1, 0.15) is 5.82 Å². The Hall–Kier alpha value is -0.940. The molecule has 1 amide bonds. The molecule has 1 rings (SSSR count). The molecule has 5 heteroatoms. The summed E-state index contributed by atoms with van der Waals surface area (Å²) in [6.45, 7) is 1.74. The average molecular weight is 290 g/mol. The number of carbonyl (C=O) groups is 1. The first-order chi connectivity index (χ1) is 7.47. The fraction of sp³-hybridized carbons (Fsp3) is 0.364. The second-order valence-corrected chi connectivity index (χ2v) is 4.35. The van der Waals surface area contributed by atoms with Crippen LogP contribution in [0, 0.1) is 5.82 Å². The molecule has 1 aromatic rings. The number of hydrogen-bond acceptors (Lipinski definition) is 2. The van der Waals surface area contributed by atoms with Gasteiger partial charge < -0.3 is 10.5 Å². The van der Waals surface area contributed by atoms with Crippen molar-refractivity contribution in [2.75, 3.05) is 7.11 Å². The SMILES string of the molecule is COC(C)C(C(N)=O)c1ccc(F)c(Br)c1. The molecule has 0 spiro atoms. The third kappa shape index (κ3) is 2.80. The molecule has 0 heterocycles. The number of ether oxygens (including phenoxy) is 1. The van der Waals surface area contributed by atoms with Crippen molar-refractivity contribution in [3.63, 3.8) is 0 Å². The summed E-state index contributed by atoms with van der Waals surface area (Å²) >= 11 is 3.07. The summed E-state index contributed by atoms with van der Waals surface area (Å²) in [6, 6.07) is 4.36. The lowest BCUT2D eigenvalue weighted by molar-refractivity contribution is -0.122. The molecule has 0 saturated carbocycles. The number of primary amides is 1. The van der Waals surface area contributed by atoms with Crippen molar-refractivity contribution in [2.24, 2.45) is 5.73 Å². The Morgan fingerprint density at radius 2 is 2.19 bits per heavy atom. The molecule has 0 fully saturated rings. The topological polar surface area (TPSA) is 52.3 Å². The third-order valence-corrected chi connectivity index (χ3v) is 3.06. The van der Waals surface area contributed by atoms with E-state index in [1.54, 1.807) is 13.0 Å². The fourth-order valence-electron chi connectivity index (χ4n) is 1.51. The second-order valence-electron chi connectivity index (χ2n) is 3.49. The van der Waals surface area contributed by atoms with Gasteiger partial charge in [0.2, 0.25) is 5.91 Å². The number of methoxy groups -OCH3 is 1. The van der Waals surface area contributed by atoms with Crippen molar-refractivity contribution in [1.82, 2.24) is 0 Å². The molecule has 1 aromatic carbocycles. The largest absolute Gasteiger partial charge is 0.381 e. The van der Waals surface area contributed by atoms with Gasteiger partial charge in [-0.2, -0.15) is 0 Å². The molecule has 88 valence electrons. The minimum Gasteiger partial charge on any atom is -0.381 e. The van der Waals surface area contributed by atoms with Crippen LogP contribution in [0.4, 0.5) is 4.39 Å². The van der Waals surface area contributed by atoms with Crippen molar-refractivity contribution in [1.29, 1.82) is 0 Å². The van der Waals surface area contributed by atoms with E-state index in [0.717, 1.165) is 0 Å². The van der Waals surface area contributed by atoms with Gasteiger partial charge in [0, 0.05) is 7.11 Å². The number of nitrogens with two attached hydrogens (primary N) is 1. The fourth-order valence-corrected chi connectivity index (χ4v) is 1.91. The van der Waals surface area contributed by atoms with Gasteiger partial charge in [-0.3, -0.25) is 4.79 Å². The van der Waals surface area contributed by atoms with Gasteiger partial charge >= 0.3 is 0 Å². The van der Waals surface area contributed by atoms with Crippen LogP contribution < -0.4 is 5.73 Å². The van der Waals surface area contributed by atoms with Crippen LogP contribution in [0.25, 0.3) is 0 Å². The first kappa shape index (κ1) is 13.1. The van der Waals surface area contributed by atoms with Gasteiger partial charge in [-0.25, -0.2) is 4.39 Å². The van der Waals surface area contributed by atoms with E-state index < -0.39 is 11.8 Å². The second kappa shape index (κ2) is 5.41. The van der Waals surface area contributed by atoms with Gasteiger partial charge in [0.15, 0.2) is 0 Å². The number of amides is 1. The van der Waals surface area contributed by atoms with E-state index in [1.165, 1.54) is 19.2 Å². The number of benzene rings is 1. The van der Waals surface area contributed by atoms with Gasteiger partial charge in [-0.05, 0) is 40.5 Å². The predicted octanol–water partition coefficient (Wildman–Crippen LogP) is 2.19. The Bertz CT molecular complexity index is 398. The zero-order valence-electron chi connectivity index (χ0n) is 9.04. The molecule has 3 nitrogen and oxygen atoms in total. The van der Waals surface area contributed by atoms with Crippen LogP contribution >= 0.6 is 15.9 Å². The summed E-state index contributed by atoms with van der Waals surface area (Å²) in [5.74, 6) is -1.45. The van der Waals surface area contributed by atoms with Crippen molar-refractivity contribution in [3.8, 4) is 0 Å². The molecule has 16 heavy (non-hydrogen) atoms. The molecule has 0 aliphatic heterocycles.